The van der Waals surface area contributed by atoms with Crippen LogP contribution >= 0.6 is 54.5 Å². The van der Waals surface area contributed by atoms with E-state index in [0.29, 0.717) is 4.83 Å². The van der Waals surface area contributed by atoms with Gasteiger partial charge in [-0.05, 0) is 60.0 Å². The Hall–Kier alpha value is 0.360. The summed E-state index contributed by atoms with van der Waals surface area (Å²) in [5.74, 6) is 0. The van der Waals surface area contributed by atoms with Crippen LogP contribution in [0.25, 0.3) is 0 Å². The van der Waals surface area contributed by atoms with Crippen LogP contribution in [0.1, 0.15) is 30.6 Å². The molecule has 2 heterocycles. The number of thiophene rings is 2. The molecule has 0 aliphatic rings. The summed E-state index contributed by atoms with van der Waals surface area (Å²) in [5, 5.41) is 0. The zero-order valence-corrected chi connectivity index (χ0v) is 14.1. The van der Waals surface area contributed by atoms with Crippen LogP contribution in [0.15, 0.2) is 15.9 Å². The average Bonchev–Trinajstić information content (AvgIpc) is 2.70. The van der Waals surface area contributed by atoms with Crippen molar-refractivity contribution in [2.75, 3.05) is 0 Å². The Morgan fingerprint density at radius 1 is 1.06 bits per heavy atom. The zero-order valence-electron chi connectivity index (χ0n) is 9.30. The fourth-order valence-corrected chi connectivity index (χ4v) is 5.37. The number of hydrogen-bond acceptors (Lipinski definition) is 2. The van der Waals surface area contributed by atoms with E-state index in [2.05, 4.69) is 64.8 Å². The molecule has 86 valence electrons. The molecule has 2 aromatic heterocycles. The molecule has 0 aliphatic heterocycles. The molecule has 0 aliphatic carbocycles. The van der Waals surface area contributed by atoms with Gasteiger partial charge in [-0.15, -0.1) is 22.7 Å². The first-order valence-corrected chi connectivity index (χ1v) is 8.30. The highest BCUT2D eigenvalue weighted by Gasteiger charge is 2.18. The van der Waals surface area contributed by atoms with Crippen molar-refractivity contribution in [3.8, 4) is 0 Å². The molecule has 0 spiro atoms. The summed E-state index contributed by atoms with van der Waals surface area (Å²) in [6, 6.07) is 4.51. The Bertz CT molecular complexity index is 492. The highest BCUT2D eigenvalue weighted by Crippen LogP contribution is 2.42. The molecule has 2 rings (SSSR count). The fourth-order valence-electron chi connectivity index (χ4n) is 1.65. The van der Waals surface area contributed by atoms with Gasteiger partial charge in [0, 0.05) is 14.6 Å². The molecule has 0 nitrogen and oxygen atoms in total. The quantitative estimate of drug-likeness (QED) is 0.562. The molecule has 4 heteroatoms. The van der Waals surface area contributed by atoms with Crippen LogP contribution in [0.4, 0.5) is 0 Å². The first-order valence-electron chi connectivity index (χ1n) is 4.96. The van der Waals surface area contributed by atoms with E-state index in [-0.39, 0.29) is 0 Å². The lowest BCUT2D eigenvalue weighted by molar-refractivity contribution is 1.24. The second kappa shape index (κ2) is 4.92. The molecule has 0 N–H and O–H groups in total. The lowest BCUT2D eigenvalue weighted by Crippen LogP contribution is -1.87. The maximum Gasteiger partial charge on any atom is 0.0834 e. The monoisotopic (exact) mass is 378 g/mol. The van der Waals surface area contributed by atoms with Gasteiger partial charge in [-0.3, -0.25) is 0 Å². The van der Waals surface area contributed by atoms with E-state index in [1.807, 2.05) is 22.7 Å². The first kappa shape index (κ1) is 12.8. The molecule has 1 unspecified atom stereocenters. The van der Waals surface area contributed by atoms with Gasteiger partial charge in [0.2, 0.25) is 0 Å². The Labute approximate surface area is 121 Å². The largest absolute Gasteiger partial charge is 0.144 e. The SMILES string of the molecule is Cc1cc(C)c(C(Br)c2cc(C)c(Br)s2)s1. The Kier molecular flexibility index (Phi) is 3.94. The molecular weight excluding hydrogens is 368 g/mol. The van der Waals surface area contributed by atoms with Crippen LogP contribution in [0.3, 0.4) is 0 Å². The van der Waals surface area contributed by atoms with Crippen molar-refractivity contribution in [2.45, 2.75) is 25.6 Å². The normalized spacial score (nSPS) is 13.1. The highest BCUT2D eigenvalue weighted by atomic mass is 79.9. The minimum atomic E-state index is 0.334. The molecular formula is C12H12Br2S2. The smallest absolute Gasteiger partial charge is 0.0834 e. The maximum absolute atomic E-state index is 3.81. The van der Waals surface area contributed by atoms with Crippen LogP contribution < -0.4 is 0 Å². The van der Waals surface area contributed by atoms with E-state index in [1.165, 1.54) is 29.5 Å². The van der Waals surface area contributed by atoms with E-state index in [0.717, 1.165) is 0 Å². The molecule has 0 bridgehead atoms. The maximum atomic E-state index is 3.81. The first-order chi connectivity index (χ1) is 7.49. The third kappa shape index (κ3) is 2.45. The third-order valence-corrected chi connectivity index (χ3v) is 7.41. The van der Waals surface area contributed by atoms with Gasteiger partial charge in [0.25, 0.3) is 0 Å². The van der Waals surface area contributed by atoms with Gasteiger partial charge in [-0.2, -0.15) is 0 Å². The number of rotatable bonds is 2. The van der Waals surface area contributed by atoms with Crippen molar-refractivity contribution in [1.29, 1.82) is 0 Å². The fraction of sp³-hybridized carbons (Fsp3) is 0.333. The zero-order chi connectivity index (χ0) is 11.9. The molecule has 0 saturated heterocycles. The molecule has 16 heavy (non-hydrogen) atoms. The van der Waals surface area contributed by atoms with Gasteiger partial charge in [0.1, 0.15) is 0 Å². The molecule has 0 radical (unpaired) electrons. The molecule has 0 fully saturated rings. The van der Waals surface area contributed by atoms with E-state index >= 15 is 0 Å². The molecule has 1 atom stereocenters. The average molecular weight is 380 g/mol. The highest BCUT2D eigenvalue weighted by molar-refractivity contribution is 9.11. The van der Waals surface area contributed by atoms with E-state index in [4.69, 9.17) is 0 Å². The predicted octanol–water partition coefficient (Wildman–Crippen LogP) is 5.98. The van der Waals surface area contributed by atoms with Crippen molar-refractivity contribution in [3.05, 3.63) is 41.7 Å². The van der Waals surface area contributed by atoms with Gasteiger partial charge >= 0.3 is 0 Å². The van der Waals surface area contributed by atoms with Crippen molar-refractivity contribution < 1.29 is 0 Å². The molecule has 0 amide bonds. The van der Waals surface area contributed by atoms with Crippen LogP contribution in [-0.4, -0.2) is 0 Å². The van der Waals surface area contributed by atoms with Crippen molar-refractivity contribution in [3.63, 3.8) is 0 Å². The Morgan fingerprint density at radius 3 is 2.19 bits per heavy atom. The summed E-state index contributed by atoms with van der Waals surface area (Å²) >= 11 is 11.1. The number of halogens is 2. The summed E-state index contributed by atoms with van der Waals surface area (Å²) in [7, 11) is 0. The Morgan fingerprint density at radius 2 is 1.75 bits per heavy atom. The van der Waals surface area contributed by atoms with Crippen LogP contribution in [0.2, 0.25) is 0 Å². The van der Waals surface area contributed by atoms with E-state index in [1.54, 1.807) is 0 Å². The summed E-state index contributed by atoms with van der Waals surface area (Å²) < 4.78 is 1.23. The molecule has 0 aromatic carbocycles. The summed E-state index contributed by atoms with van der Waals surface area (Å²) in [6.07, 6.45) is 0. The second-order valence-corrected chi connectivity index (χ2v) is 8.48. The summed E-state index contributed by atoms with van der Waals surface area (Å²) in [4.78, 5) is 4.51. The van der Waals surface area contributed by atoms with Gasteiger partial charge in [0.15, 0.2) is 0 Å². The van der Waals surface area contributed by atoms with Crippen LogP contribution in [0, 0.1) is 20.8 Å². The molecule has 0 saturated carbocycles. The standard InChI is InChI=1S/C12H12Br2S2/c1-6-4-8(3)15-11(6)10(13)9-5-7(2)12(14)16-9/h4-5,10H,1-3H3. The summed E-state index contributed by atoms with van der Waals surface area (Å²) in [5.41, 5.74) is 2.70. The van der Waals surface area contributed by atoms with E-state index in [9.17, 15) is 0 Å². The van der Waals surface area contributed by atoms with Crippen LogP contribution in [-0.2, 0) is 0 Å². The van der Waals surface area contributed by atoms with E-state index < -0.39 is 0 Å². The second-order valence-electron chi connectivity index (χ2n) is 3.87. The van der Waals surface area contributed by atoms with Crippen molar-refractivity contribution in [1.82, 2.24) is 0 Å². The number of aryl methyl sites for hydroxylation is 3. The van der Waals surface area contributed by atoms with Crippen LogP contribution in [0.5, 0.6) is 0 Å². The summed E-state index contributed by atoms with van der Waals surface area (Å²) in [6.45, 7) is 6.48. The predicted molar refractivity (Wildman–Crippen MR) is 81.3 cm³/mol. The van der Waals surface area contributed by atoms with Gasteiger partial charge in [-0.25, -0.2) is 0 Å². The van der Waals surface area contributed by atoms with Gasteiger partial charge < -0.3 is 0 Å². The number of hydrogen-bond donors (Lipinski definition) is 0. The van der Waals surface area contributed by atoms with Gasteiger partial charge in [-0.1, -0.05) is 15.9 Å². The lowest BCUT2D eigenvalue weighted by atomic mass is 10.2. The molecule has 2 aromatic rings. The minimum absolute atomic E-state index is 0.334. The minimum Gasteiger partial charge on any atom is -0.144 e. The third-order valence-electron chi connectivity index (χ3n) is 2.44. The lowest BCUT2D eigenvalue weighted by Gasteiger charge is -2.06. The van der Waals surface area contributed by atoms with Gasteiger partial charge in [0.05, 0.1) is 8.61 Å². The topological polar surface area (TPSA) is 0 Å². The van der Waals surface area contributed by atoms with Crippen molar-refractivity contribution >= 4 is 54.5 Å². The Balaban J connectivity index is 2.38. The number of alkyl halides is 1. The van der Waals surface area contributed by atoms with Crippen molar-refractivity contribution in [2.24, 2.45) is 0 Å².